The van der Waals surface area contributed by atoms with Crippen molar-refractivity contribution in [3.8, 4) is 0 Å². The minimum Gasteiger partial charge on any atom is -0.460 e. The third kappa shape index (κ3) is 2.66. The zero-order valence-corrected chi connectivity index (χ0v) is 7.50. The highest BCUT2D eigenvalue weighted by Gasteiger charge is 2.14. The first-order chi connectivity index (χ1) is 5.70. The fraction of sp³-hybridized carbons (Fsp3) is 0.667. The number of esters is 1. The van der Waals surface area contributed by atoms with Crippen molar-refractivity contribution in [1.29, 1.82) is 0 Å². The molecule has 0 aromatic carbocycles. The quantitative estimate of drug-likeness (QED) is 0.586. The van der Waals surface area contributed by atoms with Gasteiger partial charge in [-0.3, -0.25) is 0 Å². The Labute approximate surface area is 72.4 Å². The SMILES string of the molecule is CC(C)OC(=O)C1=CCOCC1. The molecule has 0 aromatic rings. The number of carbonyl (C=O) groups excluding carboxylic acids is 1. The van der Waals surface area contributed by atoms with Gasteiger partial charge in [0.1, 0.15) is 0 Å². The molecule has 0 bridgehead atoms. The lowest BCUT2D eigenvalue weighted by molar-refractivity contribution is -0.143. The second-order valence-electron chi connectivity index (χ2n) is 3.01. The number of rotatable bonds is 2. The van der Waals surface area contributed by atoms with Gasteiger partial charge in [-0.15, -0.1) is 0 Å². The number of hydrogen-bond donors (Lipinski definition) is 0. The molecule has 68 valence electrons. The van der Waals surface area contributed by atoms with Crippen molar-refractivity contribution in [3.05, 3.63) is 11.6 Å². The Balaban J connectivity index is 2.45. The van der Waals surface area contributed by atoms with E-state index in [1.165, 1.54) is 0 Å². The summed E-state index contributed by atoms with van der Waals surface area (Å²) >= 11 is 0. The maximum Gasteiger partial charge on any atom is 0.334 e. The van der Waals surface area contributed by atoms with Gasteiger partial charge in [-0.05, 0) is 19.9 Å². The van der Waals surface area contributed by atoms with Crippen molar-refractivity contribution < 1.29 is 14.3 Å². The van der Waals surface area contributed by atoms with Crippen molar-refractivity contribution in [2.45, 2.75) is 26.4 Å². The normalized spacial score (nSPS) is 17.4. The maximum absolute atomic E-state index is 11.3. The summed E-state index contributed by atoms with van der Waals surface area (Å²) in [7, 11) is 0. The van der Waals surface area contributed by atoms with Crippen molar-refractivity contribution in [1.82, 2.24) is 0 Å². The van der Waals surface area contributed by atoms with Crippen molar-refractivity contribution in [3.63, 3.8) is 0 Å². The number of hydrogen-bond acceptors (Lipinski definition) is 3. The van der Waals surface area contributed by atoms with Gasteiger partial charge in [-0.1, -0.05) is 0 Å². The summed E-state index contributed by atoms with van der Waals surface area (Å²) in [4.78, 5) is 11.3. The lowest BCUT2D eigenvalue weighted by Gasteiger charge is -2.14. The summed E-state index contributed by atoms with van der Waals surface area (Å²) in [6.45, 7) is 4.84. The maximum atomic E-state index is 11.3. The molecule has 1 aliphatic rings. The molecule has 0 unspecified atom stereocenters. The summed E-state index contributed by atoms with van der Waals surface area (Å²) in [6, 6.07) is 0. The van der Waals surface area contributed by atoms with Crippen LogP contribution in [0.1, 0.15) is 20.3 Å². The third-order valence-electron chi connectivity index (χ3n) is 1.57. The largest absolute Gasteiger partial charge is 0.460 e. The van der Waals surface area contributed by atoms with Crippen LogP contribution < -0.4 is 0 Å². The van der Waals surface area contributed by atoms with E-state index in [2.05, 4.69) is 0 Å². The van der Waals surface area contributed by atoms with E-state index in [-0.39, 0.29) is 12.1 Å². The predicted octanol–water partition coefficient (Wildman–Crippen LogP) is 1.28. The Morgan fingerprint density at radius 2 is 2.42 bits per heavy atom. The predicted molar refractivity (Wildman–Crippen MR) is 44.7 cm³/mol. The van der Waals surface area contributed by atoms with Crippen LogP contribution in [0.25, 0.3) is 0 Å². The van der Waals surface area contributed by atoms with E-state index in [4.69, 9.17) is 9.47 Å². The fourth-order valence-electron chi connectivity index (χ4n) is 1.00. The Kier molecular flexibility index (Phi) is 3.29. The van der Waals surface area contributed by atoms with Crippen LogP contribution in [-0.2, 0) is 14.3 Å². The molecule has 0 amide bonds. The van der Waals surface area contributed by atoms with Gasteiger partial charge in [0.2, 0.25) is 0 Å². The number of carbonyl (C=O) groups is 1. The zero-order valence-electron chi connectivity index (χ0n) is 7.50. The first-order valence-corrected chi connectivity index (χ1v) is 4.18. The van der Waals surface area contributed by atoms with Crippen molar-refractivity contribution in [2.24, 2.45) is 0 Å². The van der Waals surface area contributed by atoms with E-state index < -0.39 is 0 Å². The van der Waals surface area contributed by atoms with Gasteiger partial charge in [-0.2, -0.15) is 0 Å². The molecular weight excluding hydrogens is 156 g/mol. The number of ether oxygens (including phenoxy) is 2. The van der Waals surface area contributed by atoms with Gasteiger partial charge in [-0.25, -0.2) is 4.79 Å². The molecule has 0 N–H and O–H groups in total. The molecule has 12 heavy (non-hydrogen) atoms. The van der Waals surface area contributed by atoms with Crippen LogP contribution in [0.5, 0.6) is 0 Å². The van der Waals surface area contributed by atoms with Crippen LogP contribution in [0, 0.1) is 0 Å². The summed E-state index contributed by atoms with van der Waals surface area (Å²) < 4.78 is 10.1. The molecule has 0 saturated heterocycles. The Bertz CT molecular complexity index is 194. The molecule has 0 radical (unpaired) electrons. The fourth-order valence-corrected chi connectivity index (χ4v) is 1.00. The van der Waals surface area contributed by atoms with Gasteiger partial charge < -0.3 is 9.47 Å². The molecule has 0 saturated carbocycles. The second-order valence-corrected chi connectivity index (χ2v) is 3.01. The Hall–Kier alpha value is -0.830. The average molecular weight is 170 g/mol. The molecule has 0 fully saturated rings. The monoisotopic (exact) mass is 170 g/mol. The van der Waals surface area contributed by atoms with Crippen LogP contribution in [-0.4, -0.2) is 25.3 Å². The summed E-state index contributed by atoms with van der Waals surface area (Å²) in [6.07, 6.45) is 2.42. The highest BCUT2D eigenvalue weighted by Crippen LogP contribution is 2.10. The van der Waals surface area contributed by atoms with Crippen molar-refractivity contribution >= 4 is 5.97 Å². The standard InChI is InChI=1S/C9H14O3/c1-7(2)12-9(10)8-3-5-11-6-4-8/h3,7H,4-6H2,1-2H3. The molecule has 3 nitrogen and oxygen atoms in total. The smallest absolute Gasteiger partial charge is 0.334 e. The summed E-state index contributed by atoms with van der Waals surface area (Å²) in [5.41, 5.74) is 0.745. The lowest BCUT2D eigenvalue weighted by Crippen LogP contribution is -2.17. The topological polar surface area (TPSA) is 35.5 Å². The first-order valence-electron chi connectivity index (χ1n) is 4.18. The van der Waals surface area contributed by atoms with E-state index in [0.29, 0.717) is 19.6 Å². The van der Waals surface area contributed by atoms with E-state index in [1.807, 2.05) is 13.8 Å². The van der Waals surface area contributed by atoms with Crippen LogP contribution in [0.2, 0.25) is 0 Å². The van der Waals surface area contributed by atoms with Crippen LogP contribution >= 0.6 is 0 Å². The molecule has 1 aliphatic heterocycles. The van der Waals surface area contributed by atoms with E-state index in [1.54, 1.807) is 6.08 Å². The van der Waals surface area contributed by atoms with Gasteiger partial charge in [0.25, 0.3) is 0 Å². The second kappa shape index (κ2) is 4.26. The highest BCUT2D eigenvalue weighted by molar-refractivity contribution is 5.88. The molecule has 1 heterocycles. The van der Waals surface area contributed by atoms with Gasteiger partial charge in [0.05, 0.1) is 19.3 Å². The average Bonchev–Trinajstić information content (AvgIpc) is 2.05. The minimum absolute atomic E-state index is 0.0405. The molecule has 0 aromatic heterocycles. The van der Waals surface area contributed by atoms with E-state index in [9.17, 15) is 4.79 Å². The highest BCUT2D eigenvalue weighted by atomic mass is 16.5. The van der Waals surface area contributed by atoms with Gasteiger partial charge in [0, 0.05) is 12.0 Å². The summed E-state index contributed by atoms with van der Waals surface area (Å²) in [5, 5.41) is 0. The molecular formula is C9H14O3. The Morgan fingerprint density at radius 1 is 1.67 bits per heavy atom. The van der Waals surface area contributed by atoms with Crippen LogP contribution in [0.15, 0.2) is 11.6 Å². The molecule has 3 heteroatoms. The van der Waals surface area contributed by atoms with Gasteiger partial charge in [0.15, 0.2) is 0 Å². The molecule has 0 spiro atoms. The zero-order chi connectivity index (χ0) is 8.97. The van der Waals surface area contributed by atoms with Gasteiger partial charge >= 0.3 is 5.97 Å². The van der Waals surface area contributed by atoms with E-state index >= 15 is 0 Å². The van der Waals surface area contributed by atoms with E-state index in [0.717, 1.165) is 5.57 Å². The summed E-state index contributed by atoms with van der Waals surface area (Å²) in [5.74, 6) is -0.201. The molecule has 0 atom stereocenters. The lowest BCUT2D eigenvalue weighted by atomic mass is 10.1. The minimum atomic E-state index is -0.201. The van der Waals surface area contributed by atoms with Crippen LogP contribution in [0.4, 0.5) is 0 Å². The Morgan fingerprint density at radius 3 is 2.92 bits per heavy atom. The van der Waals surface area contributed by atoms with Crippen LogP contribution in [0.3, 0.4) is 0 Å². The van der Waals surface area contributed by atoms with Crippen molar-refractivity contribution in [2.75, 3.05) is 13.2 Å². The first kappa shape index (κ1) is 9.26. The molecule has 1 rings (SSSR count). The molecule has 0 aliphatic carbocycles. The third-order valence-corrected chi connectivity index (χ3v) is 1.57.